The van der Waals surface area contributed by atoms with Crippen LogP contribution in [0.1, 0.15) is 93.4 Å². The molecule has 0 aliphatic heterocycles. The lowest BCUT2D eigenvalue weighted by atomic mass is 9.32. The van der Waals surface area contributed by atoms with E-state index in [1.54, 1.807) is 0 Å². The highest BCUT2D eigenvalue weighted by molar-refractivity contribution is 5.77. The van der Waals surface area contributed by atoms with Crippen molar-refractivity contribution in [3.63, 3.8) is 0 Å². The molecule has 0 aromatic heterocycles. The van der Waals surface area contributed by atoms with Crippen LogP contribution >= 0.6 is 0 Å². The molecule has 5 N–H and O–H groups in total. The van der Waals surface area contributed by atoms with Gasteiger partial charge in [0, 0.05) is 11.3 Å². The first-order valence-corrected chi connectivity index (χ1v) is 14.1. The Balaban J connectivity index is 1.67. The fourth-order valence-electron chi connectivity index (χ4n) is 10.9. The number of allylic oxidation sites excluding steroid dienone is 1. The van der Waals surface area contributed by atoms with Gasteiger partial charge in [-0.2, -0.15) is 0 Å². The van der Waals surface area contributed by atoms with Gasteiger partial charge >= 0.3 is 5.97 Å². The molecular formula is C30H48O6. The largest absolute Gasteiger partial charge is 0.481 e. The van der Waals surface area contributed by atoms with Gasteiger partial charge in [0.1, 0.15) is 6.10 Å². The Morgan fingerprint density at radius 2 is 1.53 bits per heavy atom. The van der Waals surface area contributed by atoms with Crippen molar-refractivity contribution in [3.05, 3.63) is 11.6 Å². The molecular weight excluding hydrogens is 456 g/mol. The zero-order valence-electron chi connectivity index (χ0n) is 23.2. The quantitative estimate of drug-likeness (QED) is 0.343. The molecule has 0 saturated heterocycles. The van der Waals surface area contributed by atoms with Crippen molar-refractivity contribution in [1.82, 2.24) is 0 Å². The third-order valence-electron chi connectivity index (χ3n) is 13.6. The Morgan fingerprint density at radius 3 is 2.14 bits per heavy atom. The van der Waals surface area contributed by atoms with E-state index in [0.29, 0.717) is 25.7 Å². The summed E-state index contributed by atoms with van der Waals surface area (Å²) in [7, 11) is 0. The van der Waals surface area contributed by atoms with Gasteiger partial charge in [-0.25, -0.2) is 0 Å². The van der Waals surface area contributed by atoms with Crippen LogP contribution in [0, 0.1) is 50.7 Å². The van der Waals surface area contributed by atoms with Crippen LogP contribution < -0.4 is 0 Å². The van der Waals surface area contributed by atoms with Gasteiger partial charge in [-0.3, -0.25) is 4.79 Å². The maximum atomic E-state index is 12.8. The zero-order chi connectivity index (χ0) is 26.9. The van der Waals surface area contributed by atoms with Gasteiger partial charge < -0.3 is 25.5 Å². The second kappa shape index (κ2) is 7.58. The SMILES string of the molecule is C[C@@H]1CC[C@]2(C(=O)O)CC[C@]3(C)C(=CC[C@@H]4[C@@]5(C)C(O)C(O)C(O)C(C)(C)C5CC[C@]43C)[C@H]2[C@]1(C)O. The molecule has 12 atom stereocenters. The van der Waals surface area contributed by atoms with Crippen molar-refractivity contribution in [1.29, 1.82) is 0 Å². The van der Waals surface area contributed by atoms with Gasteiger partial charge in [0.25, 0.3) is 0 Å². The van der Waals surface area contributed by atoms with Gasteiger partial charge in [0.05, 0.1) is 23.2 Å². The van der Waals surface area contributed by atoms with E-state index < -0.39 is 52.0 Å². The van der Waals surface area contributed by atoms with E-state index in [9.17, 15) is 30.3 Å². The number of rotatable bonds is 1. The summed E-state index contributed by atoms with van der Waals surface area (Å²) in [6, 6.07) is 0. The van der Waals surface area contributed by atoms with Crippen molar-refractivity contribution in [2.45, 2.75) is 117 Å². The molecule has 0 radical (unpaired) electrons. The standard InChI is InChI=1S/C30H48O6/c1-16-10-13-30(24(34)35)15-14-26(4)17(21(30)29(16,7)36)8-9-19-27(26,5)12-11-18-25(2,3)22(32)20(31)23(33)28(18,19)6/h8,16,18-23,31-33,36H,9-15H2,1-7H3,(H,34,35)/t16-,18?,19+,20?,21+,22?,23?,26-,27-,28+,29-,30+/m1/s1. The summed E-state index contributed by atoms with van der Waals surface area (Å²) < 4.78 is 0. The summed E-state index contributed by atoms with van der Waals surface area (Å²) >= 11 is 0. The molecule has 4 saturated carbocycles. The molecule has 4 unspecified atom stereocenters. The second-order valence-corrected chi connectivity index (χ2v) is 14.9. The summed E-state index contributed by atoms with van der Waals surface area (Å²) in [4.78, 5) is 12.8. The first-order chi connectivity index (χ1) is 16.4. The number of carbonyl (C=O) groups is 1. The molecule has 0 bridgehead atoms. The number of aliphatic carboxylic acids is 1. The van der Waals surface area contributed by atoms with E-state index in [4.69, 9.17) is 0 Å². The third-order valence-corrected chi connectivity index (χ3v) is 13.6. The molecule has 6 nitrogen and oxygen atoms in total. The first kappa shape index (κ1) is 26.6. The number of aliphatic hydroxyl groups is 4. The van der Waals surface area contributed by atoms with Crippen LogP contribution in [0.15, 0.2) is 11.6 Å². The number of carboxylic acids is 1. The van der Waals surface area contributed by atoms with Crippen LogP contribution in [0.4, 0.5) is 0 Å². The van der Waals surface area contributed by atoms with Crippen molar-refractivity contribution < 1.29 is 30.3 Å². The van der Waals surface area contributed by atoms with Crippen molar-refractivity contribution in [3.8, 4) is 0 Å². The molecule has 5 aliphatic carbocycles. The average molecular weight is 505 g/mol. The highest BCUT2D eigenvalue weighted by Gasteiger charge is 2.73. The molecule has 0 aromatic rings. The molecule has 0 spiro atoms. The van der Waals surface area contributed by atoms with Gasteiger partial charge in [-0.15, -0.1) is 0 Å². The van der Waals surface area contributed by atoms with Crippen LogP contribution in [-0.2, 0) is 4.79 Å². The van der Waals surface area contributed by atoms with Crippen LogP contribution in [0.25, 0.3) is 0 Å². The lowest BCUT2D eigenvalue weighted by Crippen LogP contribution is -2.72. The molecule has 0 heterocycles. The predicted octanol–water partition coefficient (Wildman–Crippen LogP) is 4.15. The van der Waals surface area contributed by atoms with Crippen molar-refractivity contribution in [2.75, 3.05) is 0 Å². The Hall–Kier alpha value is -0.950. The van der Waals surface area contributed by atoms with Gasteiger partial charge in [-0.05, 0) is 85.9 Å². The first-order valence-electron chi connectivity index (χ1n) is 14.1. The normalized spacial score (nSPS) is 58.0. The molecule has 204 valence electrons. The summed E-state index contributed by atoms with van der Waals surface area (Å²) in [6.45, 7) is 14.7. The van der Waals surface area contributed by atoms with Gasteiger partial charge in [0.15, 0.2) is 0 Å². The van der Waals surface area contributed by atoms with Crippen molar-refractivity contribution in [2.24, 2.45) is 50.7 Å². The van der Waals surface area contributed by atoms with E-state index in [-0.39, 0.29) is 28.6 Å². The predicted molar refractivity (Wildman–Crippen MR) is 137 cm³/mol. The van der Waals surface area contributed by atoms with Gasteiger partial charge in [-0.1, -0.05) is 53.2 Å². The fraction of sp³-hybridized carbons (Fsp3) is 0.900. The number of fused-ring (bicyclic) bond motifs is 7. The van der Waals surface area contributed by atoms with Crippen molar-refractivity contribution >= 4 is 5.97 Å². The molecule has 5 rings (SSSR count). The summed E-state index contributed by atoms with van der Waals surface area (Å²) in [5, 5.41) is 55.9. The Morgan fingerprint density at radius 1 is 0.889 bits per heavy atom. The Bertz CT molecular complexity index is 986. The topological polar surface area (TPSA) is 118 Å². The number of hydrogen-bond acceptors (Lipinski definition) is 5. The smallest absolute Gasteiger partial charge is 0.310 e. The van der Waals surface area contributed by atoms with Crippen LogP contribution in [-0.4, -0.2) is 55.4 Å². The molecule has 5 aliphatic rings. The minimum Gasteiger partial charge on any atom is -0.481 e. The average Bonchev–Trinajstić information content (AvgIpc) is 2.79. The molecule has 0 aromatic carbocycles. The molecule has 6 heteroatoms. The lowest BCUT2D eigenvalue weighted by Gasteiger charge is -2.72. The fourth-order valence-corrected chi connectivity index (χ4v) is 10.9. The number of hydrogen-bond donors (Lipinski definition) is 5. The Labute approximate surface area is 216 Å². The highest BCUT2D eigenvalue weighted by Crippen LogP contribution is 2.76. The zero-order valence-corrected chi connectivity index (χ0v) is 23.2. The highest BCUT2D eigenvalue weighted by atomic mass is 16.4. The Kier molecular flexibility index (Phi) is 5.61. The second-order valence-electron chi connectivity index (χ2n) is 14.9. The number of carboxylic acid groups (broad SMARTS) is 1. The van der Waals surface area contributed by atoms with E-state index in [1.165, 1.54) is 0 Å². The summed E-state index contributed by atoms with van der Waals surface area (Å²) in [6.07, 6.45) is 4.02. The maximum absolute atomic E-state index is 12.8. The molecule has 0 amide bonds. The maximum Gasteiger partial charge on any atom is 0.310 e. The van der Waals surface area contributed by atoms with Crippen LogP contribution in [0.5, 0.6) is 0 Å². The lowest BCUT2D eigenvalue weighted by molar-refractivity contribution is -0.279. The molecule has 36 heavy (non-hydrogen) atoms. The minimum absolute atomic E-state index is 0.00890. The van der Waals surface area contributed by atoms with E-state index in [0.717, 1.165) is 24.8 Å². The van der Waals surface area contributed by atoms with Crippen LogP contribution in [0.3, 0.4) is 0 Å². The minimum atomic E-state index is -1.20. The summed E-state index contributed by atoms with van der Waals surface area (Å²) in [5.74, 6) is -1.10. The summed E-state index contributed by atoms with van der Waals surface area (Å²) in [5.41, 5.74) is -2.63. The van der Waals surface area contributed by atoms with Gasteiger partial charge in [0.2, 0.25) is 0 Å². The van der Waals surface area contributed by atoms with Crippen LogP contribution in [0.2, 0.25) is 0 Å². The third kappa shape index (κ3) is 2.80. The molecule has 4 fully saturated rings. The van der Waals surface area contributed by atoms with E-state index in [1.807, 2.05) is 27.7 Å². The van der Waals surface area contributed by atoms with E-state index >= 15 is 0 Å². The number of aliphatic hydroxyl groups excluding tert-OH is 3. The van der Waals surface area contributed by atoms with E-state index in [2.05, 4.69) is 26.8 Å². The monoisotopic (exact) mass is 504 g/mol.